The van der Waals surface area contributed by atoms with Crippen LogP contribution in [-0.4, -0.2) is 29.7 Å². The van der Waals surface area contributed by atoms with Gasteiger partial charge in [0.05, 0.1) is 30.8 Å². The van der Waals surface area contributed by atoms with E-state index in [1.165, 1.54) is 25.1 Å². The highest BCUT2D eigenvalue weighted by molar-refractivity contribution is 5.92. The summed E-state index contributed by atoms with van der Waals surface area (Å²) in [4.78, 5) is 28.2. The lowest BCUT2D eigenvalue weighted by molar-refractivity contribution is 0.100. The zero-order chi connectivity index (χ0) is 17.3. The summed E-state index contributed by atoms with van der Waals surface area (Å²) in [6, 6.07) is 9.63. The van der Waals surface area contributed by atoms with E-state index in [9.17, 15) is 9.59 Å². The van der Waals surface area contributed by atoms with E-state index in [2.05, 4.69) is 4.98 Å². The van der Waals surface area contributed by atoms with E-state index in [0.717, 1.165) is 0 Å². The Balaban J connectivity index is 2.18. The van der Waals surface area contributed by atoms with Gasteiger partial charge in [-0.15, -0.1) is 0 Å². The number of amides is 1. The monoisotopic (exact) mass is 325 g/mol. The number of hydrogen-bond acceptors (Lipinski definition) is 5. The van der Waals surface area contributed by atoms with Gasteiger partial charge in [-0.3, -0.25) is 14.2 Å². The van der Waals surface area contributed by atoms with E-state index in [1.807, 2.05) is 0 Å². The van der Waals surface area contributed by atoms with Gasteiger partial charge in [0, 0.05) is 11.6 Å². The topological polar surface area (TPSA) is 96.4 Å². The van der Waals surface area contributed by atoms with Crippen molar-refractivity contribution in [1.29, 1.82) is 0 Å². The average molecular weight is 325 g/mol. The fourth-order valence-electron chi connectivity index (χ4n) is 2.42. The Morgan fingerprint density at radius 2 is 1.71 bits per heavy atom. The molecule has 7 nitrogen and oxygen atoms in total. The van der Waals surface area contributed by atoms with Gasteiger partial charge in [-0.25, -0.2) is 4.98 Å². The zero-order valence-electron chi connectivity index (χ0n) is 13.1. The maximum atomic E-state index is 12.8. The van der Waals surface area contributed by atoms with Crippen molar-refractivity contribution >= 4 is 16.8 Å². The summed E-state index contributed by atoms with van der Waals surface area (Å²) >= 11 is 0. The van der Waals surface area contributed by atoms with Crippen molar-refractivity contribution < 1.29 is 14.3 Å². The van der Waals surface area contributed by atoms with Gasteiger partial charge in [-0.1, -0.05) is 0 Å². The predicted molar refractivity (Wildman–Crippen MR) is 89.0 cm³/mol. The van der Waals surface area contributed by atoms with Crippen LogP contribution in [-0.2, 0) is 0 Å². The van der Waals surface area contributed by atoms with E-state index < -0.39 is 5.91 Å². The Morgan fingerprint density at radius 1 is 1.08 bits per heavy atom. The molecular weight excluding hydrogens is 310 g/mol. The lowest BCUT2D eigenvalue weighted by Crippen LogP contribution is -2.19. The molecule has 0 saturated carbocycles. The molecule has 7 heteroatoms. The molecule has 2 N–H and O–H groups in total. The molecule has 1 amide bonds. The fraction of sp³-hybridized carbons (Fsp3) is 0.118. The molecule has 1 aromatic heterocycles. The summed E-state index contributed by atoms with van der Waals surface area (Å²) in [6.07, 6.45) is 1.43. The van der Waals surface area contributed by atoms with Gasteiger partial charge in [0.1, 0.15) is 6.33 Å². The number of rotatable bonds is 4. The quantitative estimate of drug-likeness (QED) is 0.784. The van der Waals surface area contributed by atoms with Crippen LogP contribution in [0.15, 0.2) is 47.5 Å². The number of carbonyl (C=O) groups excluding carboxylic acids is 1. The number of methoxy groups -OCH3 is 2. The molecule has 0 atom stereocenters. The molecule has 0 radical (unpaired) electrons. The van der Waals surface area contributed by atoms with E-state index in [0.29, 0.717) is 33.7 Å². The largest absolute Gasteiger partial charge is 0.493 e. The molecule has 0 aliphatic heterocycles. The van der Waals surface area contributed by atoms with Crippen molar-refractivity contribution in [2.45, 2.75) is 0 Å². The molecule has 0 fully saturated rings. The van der Waals surface area contributed by atoms with Crippen LogP contribution in [0, 0.1) is 0 Å². The third-order valence-corrected chi connectivity index (χ3v) is 3.69. The van der Waals surface area contributed by atoms with Crippen molar-refractivity contribution in [3.8, 4) is 17.2 Å². The molecule has 3 rings (SSSR count). The van der Waals surface area contributed by atoms with E-state index in [4.69, 9.17) is 15.2 Å². The fourth-order valence-corrected chi connectivity index (χ4v) is 2.42. The summed E-state index contributed by atoms with van der Waals surface area (Å²) < 4.78 is 11.8. The molecule has 0 saturated heterocycles. The minimum atomic E-state index is -0.526. The van der Waals surface area contributed by atoms with Gasteiger partial charge >= 0.3 is 0 Å². The Labute approximate surface area is 137 Å². The van der Waals surface area contributed by atoms with Crippen LogP contribution in [0.2, 0.25) is 0 Å². The molecule has 0 bridgehead atoms. The van der Waals surface area contributed by atoms with Gasteiger partial charge in [0.2, 0.25) is 5.91 Å². The van der Waals surface area contributed by atoms with Gasteiger partial charge in [0.25, 0.3) is 5.56 Å². The molecule has 0 unspecified atom stereocenters. The highest BCUT2D eigenvalue weighted by Gasteiger charge is 2.12. The number of fused-ring (bicyclic) bond motifs is 1. The molecule has 2 aromatic carbocycles. The second kappa shape index (κ2) is 6.04. The van der Waals surface area contributed by atoms with Crippen LogP contribution in [0.3, 0.4) is 0 Å². The zero-order valence-corrected chi connectivity index (χ0v) is 13.1. The number of benzene rings is 2. The van der Waals surface area contributed by atoms with Crippen LogP contribution in [0.5, 0.6) is 11.5 Å². The first-order chi connectivity index (χ1) is 11.5. The molecule has 0 aliphatic carbocycles. The number of nitrogens with two attached hydrogens (primary N) is 1. The van der Waals surface area contributed by atoms with E-state index in [1.54, 1.807) is 36.4 Å². The minimum absolute atomic E-state index is 0.257. The van der Waals surface area contributed by atoms with E-state index >= 15 is 0 Å². The third-order valence-electron chi connectivity index (χ3n) is 3.69. The first-order valence-electron chi connectivity index (χ1n) is 7.08. The van der Waals surface area contributed by atoms with Gasteiger partial charge in [-0.2, -0.15) is 0 Å². The normalized spacial score (nSPS) is 10.6. The summed E-state index contributed by atoms with van der Waals surface area (Å²) in [5.41, 5.74) is 6.41. The number of primary amides is 1. The van der Waals surface area contributed by atoms with Gasteiger partial charge < -0.3 is 15.2 Å². The first-order valence-corrected chi connectivity index (χ1v) is 7.08. The highest BCUT2D eigenvalue weighted by Crippen LogP contribution is 2.29. The molecule has 1 heterocycles. The Hall–Kier alpha value is -3.35. The van der Waals surface area contributed by atoms with Crippen molar-refractivity contribution in [3.05, 3.63) is 58.6 Å². The van der Waals surface area contributed by atoms with Crippen LogP contribution < -0.4 is 20.8 Å². The van der Waals surface area contributed by atoms with Crippen molar-refractivity contribution in [2.75, 3.05) is 14.2 Å². The molecule has 0 spiro atoms. The number of aromatic nitrogens is 2. The highest BCUT2D eigenvalue weighted by atomic mass is 16.5. The lowest BCUT2D eigenvalue weighted by Gasteiger charge is -2.10. The molecular formula is C17H15N3O4. The van der Waals surface area contributed by atoms with Crippen LogP contribution in [0.4, 0.5) is 0 Å². The van der Waals surface area contributed by atoms with Crippen molar-refractivity contribution in [2.24, 2.45) is 5.73 Å². The van der Waals surface area contributed by atoms with Gasteiger partial charge in [-0.05, 0) is 30.3 Å². The third kappa shape index (κ3) is 2.56. The maximum absolute atomic E-state index is 12.8. The van der Waals surface area contributed by atoms with Crippen LogP contribution in [0.1, 0.15) is 10.4 Å². The summed E-state index contributed by atoms with van der Waals surface area (Å²) in [5, 5.41) is 0.397. The average Bonchev–Trinajstić information content (AvgIpc) is 2.61. The smallest absolute Gasteiger partial charge is 0.265 e. The number of carbonyl (C=O) groups is 1. The molecule has 24 heavy (non-hydrogen) atoms. The summed E-state index contributed by atoms with van der Waals surface area (Å²) in [5.74, 6) is 0.425. The lowest BCUT2D eigenvalue weighted by atomic mass is 10.2. The maximum Gasteiger partial charge on any atom is 0.265 e. The number of hydrogen-bond donors (Lipinski definition) is 1. The van der Waals surface area contributed by atoms with Crippen molar-refractivity contribution in [1.82, 2.24) is 9.55 Å². The minimum Gasteiger partial charge on any atom is -0.493 e. The molecule has 0 aliphatic rings. The van der Waals surface area contributed by atoms with Gasteiger partial charge in [0.15, 0.2) is 11.5 Å². The summed E-state index contributed by atoms with van der Waals surface area (Å²) in [7, 11) is 3.02. The first kappa shape index (κ1) is 15.5. The molecule has 122 valence electrons. The standard InChI is InChI=1S/C17H15N3O4/c1-23-14-7-12-13(8-15(14)24-2)19-9-20(17(12)22)11-5-3-10(4-6-11)16(18)21/h3-9H,1-2H3,(H2,18,21). The predicted octanol–water partition coefficient (Wildman–Crippen LogP) is 1.50. The number of nitrogens with zero attached hydrogens (tertiary/aromatic N) is 2. The summed E-state index contributed by atoms with van der Waals surface area (Å²) in [6.45, 7) is 0. The number of ether oxygens (including phenoxy) is 2. The SMILES string of the molecule is COc1cc2ncn(-c3ccc(C(N)=O)cc3)c(=O)c2cc1OC. The van der Waals surface area contributed by atoms with Crippen LogP contribution in [0.25, 0.3) is 16.6 Å². The van der Waals surface area contributed by atoms with Crippen LogP contribution >= 0.6 is 0 Å². The second-order valence-corrected chi connectivity index (χ2v) is 5.06. The van der Waals surface area contributed by atoms with Crippen molar-refractivity contribution in [3.63, 3.8) is 0 Å². The molecule has 3 aromatic rings. The Bertz CT molecular complexity index is 978. The van der Waals surface area contributed by atoms with E-state index in [-0.39, 0.29) is 5.56 Å². The Kier molecular flexibility index (Phi) is 3.91. The second-order valence-electron chi connectivity index (χ2n) is 5.06. The Morgan fingerprint density at radius 3 is 2.29 bits per heavy atom.